The van der Waals surface area contributed by atoms with Gasteiger partial charge < -0.3 is 9.73 Å². The first-order valence-corrected chi connectivity index (χ1v) is 9.87. The molecule has 1 amide bonds. The molecule has 0 saturated carbocycles. The van der Waals surface area contributed by atoms with Gasteiger partial charge in [-0.15, -0.1) is 10.2 Å². The molecule has 0 aliphatic rings. The molecular weight excluding hydrogens is 382 g/mol. The van der Waals surface area contributed by atoms with E-state index in [1.165, 1.54) is 11.8 Å². The van der Waals surface area contributed by atoms with Gasteiger partial charge in [-0.25, -0.2) is 0 Å². The van der Waals surface area contributed by atoms with Crippen LogP contribution in [0.4, 0.5) is 0 Å². The van der Waals surface area contributed by atoms with Crippen LogP contribution in [-0.4, -0.2) is 21.9 Å². The second-order valence-electron chi connectivity index (χ2n) is 6.35. The largest absolute Gasteiger partial charge is 0.411 e. The van der Waals surface area contributed by atoms with Crippen LogP contribution < -0.4 is 5.32 Å². The van der Waals surface area contributed by atoms with Gasteiger partial charge in [0, 0.05) is 10.6 Å². The molecule has 0 unspecified atom stereocenters. The molecule has 0 radical (unpaired) electrons. The first-order valence-electron chi connectivity index (χ1n) is 8.51. The number of carbonyl (C=O) groups is 1. The minimum absolute atomic E-state index is 0.126. The second kappa shape index (κ2) is 8.59. The highest BCUT2D eigenvalue weighted by Crippen LogP contribution is 2.25. The SMILES string of the molecule is Cc1cc(C)cc(-c2nnc(SCC(=O)N[C@H](C)c3ccccc3Cl)o2)c1. The summed E-state index contributed by atoms with van der Waals surface area (Å²) in [6.07, 6.45) is 0. The van der Waals surface area contributed by atoms with Crippen LogP contribution in [0.2, 0.25) is 5.02 Å². The standard InChI is InChI=1S/C20H20ClN3O2S/c1-12-8-13(2)10-15(9-12)19-23-24-20(26-19)27-11-18(25)22-14(3)16-6-4-5-7-17(16)21/h4-10,14H,11H2,1-3H3,(H,22,25)/t14-/m1/s1. The van der Waals surface area contributed by atoms with Crippen LogP contribution in [0.15, 0.2) is 52.1 Å². The van der Waals surface area contributed by atoms with Gasteiger partial charge in [0.1, 0.15) is 0 Å². The van der Waals surface area contributed by atoms with Crippen LogP contribution in [0.5, 0.6) is 0 Å². The van der Waals surface area contributed by atoms with Gasteiger partial charge in [0.05, 0.1) is 11.8 Å². The number of benzene rings is 2. The van der Waals surface area contributed by atoms with Crippen molar-refractivity contribution in [3.8, 4) is 11.5 Å². The van der Waals surface area contributed by atoms with Crippen LogP contribution in [-0.2, 0) is 4.79 Å². The van der Waals surface area contributed by atoms with Gasteiger partial charge in [-0.05, 0) is 44.5 Å². The fourth-order valence-electron chi connectivity index (χ4n) is 2.80. The maximum atomic E-state index is 12.2. The zero-order valence-electron chi connectivity index (χ0n) is 15.3. The van der Waals surface area contributed by atoms with E-state index in [0.717, 1.165) is 22.3 Å². The highest BCUT2D eigenvalue weighted by atomic mass is 35.5. The Balaban J connectivity index is 1.58. The molecule has 0 spiro atoms. The Labute approximate surface area is 167 Å². The average molecular weight is 402 g/mol. The molecule has 0 bridgehead atoms. The smallest absolute Gasteiger partial charge is 0.277 e. The summed E-state index contributed by atoms with van der Waals surface area (Å²) < 4.78 is 5.68. The highest BCUT2D eigenvalue weighted by Gasteiger charge is 2.15. The normalized spacial score (nSPS) is 12.0. The molecule has 0 fully saturated rings. The number of thioether (sulfide) groups is 1. The topological polar surface area (TPSA) is 68.0 Å². The number of nitrogens with zero attached hydrogens (tertiary/aromatic N) is 2. The first kappa shape index (κ1) is 19.5. The van der Waals surface area contributed by atoms with Crippen molar-refractivity contribution < 1.29 is 9.21 Å². The molecule has 27 heavy (non-hydrogen) atoms. The number of amides is 1. The Morgan fingerprint density at radius 3 is 2.59 bits per heavy atom. The van der Waals surface area contributed by atoms with Crippen LogP contribution in [0.1, 0.15) is 29.7 Å². The third-order valence-corrected chi connectivity index (χ3v) is 5.11. The summed E-state index contributed by atoms with van der Waals surface area (Å²) in [5.41, 5.74) is 4.02. The van der Waals surface area contributed by atoms with Crippen LogP contribution in [0.25, 0.3) is 11.5 Å². The molecule has 1 aromatic heterocycles. The van der Waals surface area contributed by atoms with Crippen molar-refractivity contribution in [2.75, 3.05) is 5.75 Å². The Bertz CT molecular complexity index is 938. The van der Waals surface area contributed by atoms with Crippen LogP contribution in [0, 0.1) is 13.8 Å². The van der Waals surface area contributed by atoms with E-state index in [1.807, 2.05) is 51.1 Å². The summed E-state index contributed by atoms with van der Waals surface area (Å²) in [7, 11) is 0. The number of aromatic nitrogens is 2. The third kappa shape index (κ3) is 5.11. The van der Waals surface area contributed by atoms with E-state index in [4.69, 9.17) is 16.0 Å². The van der Waals surface area contributed by atoms with E-state index in [2.05, 4.69) is 21.6 Å². The maximum Gasteiger partial charge on any atom is 0.277 e. The van der Waals surface area contributed by atoms with Crippen molar-refractivity contribution >= 4 is 29.3 Å². The summed E-state index contributed by atoms with van der Waals surface area (Å²) in [5, 5.41) is 12.0. The van der Waals surface area contributed by atoms with Gasteiger partial charge in [0.2, 0.25) is 11.8 Å². The predicted octanol–water partition coefficient (Wildman–Crippen LogP) is 4.98. The van der Waals surface area contributed by atoms with E-state index >= 15 is 0 Å². The van der Waals surface area contributed by atoms with Gasteiger partial charge in [-0.2, -0.15) is 0 Å². The zero-order chi connectivity index (χ0) is 19.4. The van der Waals surface area contributed by atoms with Crippen molar-refractivity contribution in [3.63, 3.8) is 0 Å². The molecular formula is C20H20ClN3O2S. The molecule has 0 aliphatic heterocycles. The number of halogens is 1. The number of hydrogen-bond donors (Lipinski definition) is 1. The quantitative estimate of drug-likeness (QED) is 0.590. The fourth-order valence-corrected chi connectivity index (χ4v) is 3.67. The molecule has 3 aromatic rings. The van der Waals surface area contributed by atoms with Gasteiger partial charge in [0.15, 0.2) is 0 Å². The summed E-state index contributed by atoms with van der Waals surface area (Å²) in [6, 6.07) is 13.3. The van der Waals surface area contributed by atoms with Gasteiger partial charge >= 0.3 is 0 Å². The van der Waals surface area contributed by atoms with E-state index in [1.54, 1.807) is 6.07 Å². The van der Waals surface area contributed by atoms with Crippen LogP contribution in [0.3, 0.4) is 0 Å². The molecule has 5 nitrogen and oxygen atoms in total. The minimum Gasteiger partial charge on any atom is -0.411 e. The number of carbonyl (C=O) groups excluding carboxylic acids is 1. The van der Waals surface area contributed by atoms with Gasteiger partial charge in [-0.3, -0.25) is 4.79 Å². The molecule has 0 aliphatic carbocycles. The Morgan fingerprint density at radius 1 is 1.19 bits per heavy atom. The second-order valence-corrected chi connectivity index (χ2v) is 7.68. The lowest BCUT2D eigenvalue weighted by Gasteiger charge is -2.15. The van der Waals surface area contributed by atoms with Crippen molar-refractivity contribution in [2.24, 2.45) is 0 Å². The van der Waals surface area contributed by atoms with E-state index in [-0.39, 0.29) is 17.7 Å². The van der Waals surface area contributed by atoms with Crippen molar-refractivity contribution in [1.29, 1.82) is 0 Å². The number of aryl methyl sites for hydroxylation is 2. The highest BCUT2D eigenvalue weighted by molar-refractivity contribution is 7.99. The molecule has 0 saturated heterocycles. The number of nitrogens with one attached hydrogen (secondary N) is 1. The predicted molar refractivity (Wildman–Crippen MR) is 108 cm³/mol. The van der Waals surface area contributed by atoms with Crippen molar-refractivity contribution in [1.82, 2.24) is 15.5 Å². The lowest BCUT2D eigenvalue weighted by atomic mass is 10.1. The monoisotopic (exact) mass is 401 g/mol. The van der Waals surface area contributed by atoms with Gasteiger partial charge in [-0.1, -0.05) is 58.8 Å². The molecule has 7 heteroatoms. The molecule has 1 N–H and O–H groups in total. The fraction of sp³-hybridized carbons (Fsp3) is 0.250. The zero-order valence-corrected chi connectivity index (χ0v) is 16.9. The third-order valence-electron chi connectivity index (χ3n) is 3.95. The molecule has 1 heterocycles. The average Bonchev–Trinajstić information content (AvgIpc) is 3.08. The van der Waals surface area contributed by atoms with Gasteiger partial charge in [0.25, 0.3) is 5.22 Å². The Hall–Kier alpha value is -2.31. The maximum absolute atomic E-state index is 12.2. The number of rotatable bonds is 6. The molecule has 1 atom stereocenters. The number of hydrogen-bond acceptors (Lipinski definition) is 5. The van der Waals surface area contributed by atoms with E-state index in [9.17, 15) is 4.79 Å². The Kier molecular flexibility index (Phi) is 6.19. The summed E-state index contributed by atoms with van der Waals surface area (Å²) in [5.74, 6) is 0.510. The Morgan fingerprint density at radius 2 is 1.89 bits per heavy atom. The summed E-state index contributed by atoms with van der Waals surface area (Å²) >= 11 is 7.38. The van der Waals surface area contributed by atoms with E-state index < -0.39 is 0 Å². The summed E-state index contributed by atoms with van der Waals surface area (Å²) in [6.45, 7) is 5.94. The molecule has 140 valence electrons. The summed E-state index contributed by atoms with van der Waals surface area (Å²) in [4.78, 5) is 12.2. The first-order chi connectivity index (χ1) is 12.9. The minimum atomic E-state index is -0.180. The van der Waals surface area contributed by atoms with E-state index in [0.29, 0.717) is 16.1 Å². The lowest BCUT2D eigenvalue weighted by molar-refractivity contribution is -0.119. The van der Waals surface area contributed by atoms with Crippen LogP contribution >= 0.6 is 23.4 Å². The van der Waals surface area contributed by atoms with Crippen molar-refractivity contribution in [2.45, 2.75) is 32.0 Å². The molecule has 2 aromatic carbocycles. The molecule has 3 rings (SSSR count). The van der Waals surface area contributed by atoms with Crippen molar-refractivity contribution in [3.05, 3.63) is 64.2 Å². The lowest BCUT2D eigenvalue weighted by Crippen LogP contribution is -2.28.